The highest BCUT2D eigenvalue weighted by atomic mass is 32.2. The number of benzene rings is 1. The second-order valence-corrected chi connectivity index (χ2v) is 6.76. The van der Waals surface area contributed by atoms with Gasteiger partial charge in [0, 0.05) is 25.2 Å². The lowest BCUT2D eigenvalue weighted by atomic mass is 10.2. The zero-order chi connectivity index (χ0) is 15.6. The quantitative estimate of drug-likeness (QED) is 0.857. The molecule has 1 fully saturated rings. The number of nitrogens with one attached hydrogen (secondary N) is 1. The summed E-state index contributed by atoms with van der Waals surface area (Å²) in [6, 6.07) is 4.46. The van der Waals surface area contributed by atoms with Crippen molar-refractivity contribution in [3.8, 4) is 5.75 Å². The minimum absolute atomic E-state index is 0.00243. The van der Waals surface area contributed by atoms with Crippen molar-refractivity contribution in [2.45, 2.75) is 30.7 Å². The number of nitrogens with zero attached hydrogens (tertiary/aromatic N) is 1. The normalized spacial score (nSPS) is 14.8. The molecule has 21 heavy (non-hydrogen) atoms. The van der Waals surface area contributed by atoms with Gasteiger partial charge >= 0.3 is 0 Å². The van der Waals surface area contributed by atoms with Crippen LogP contribution in [0.5, 0.6) is 5.75 Å². The Morgan fingerprint density at radius 2 is 2.10 bits per heavy atom. The van der Waals surface area contributed by atoms with Gasteiger partial charge in [0.15, 0.2) is 0 Å². The van der Waals surface area contributed by atoms with Gasteiger partial charge in [-0.1, -0.05) is 0 Å². The molecule has 1 amide bonds. The molecular formula is C14H20N2O4S. The van der Waals surface area contributed by atoms with E-state index >= 15 is 0 Å². The van der Waals surface area contributed by atoms with E-state index in [-0.39, 0.29) is 22.6 Å². The minimum Gasteiger partial charge on any atom is -0.495 e. The van der Waals surface area contributed by atoms with Gasteiger partial charge < -0.3 is 9.64 Å². The van der Waals surface area contributed by atoms with Gasteiger partial charge in [-0.3, -0.25) is 4.79 Å². The standard InChI is InChI=1S/C14H20N2O4S/c1-4-16(2)14(17)10-5-8-12(20-3)13(9-10)21(18,19)15-11-6-7-11/h5,8-9,11,15H,4,6-7H2,1-3H3. The van der Waals surface area contributed by atoms with E-state index in [0.717, 1.165) is 12.8 Å². The van der Waals surface area contributed by atoms with Crippen LogP contribution in [0.2, 0.25) is 0 Å². The molecule has 1 aliphatic rings. The first-order chi connectivity index (χ1) is 9.89. The Hall–Kier alpha value is -1.60. The van der Waals surface area contributed by atoms with E-state index in [2.05, 4.69) is 4.72 Å². The molecule has 6 nitrogen and oxygen atoms in total. The predicted molar refractivity (Wildman–Crippen MR) is 79.0 cm³/mol. The molecule has 1 aromatic rings. The van der Waals surface area contributed by atoms with Crippen molar-refractivity contribution in [3.63, 3.8) is 0 Å². The molecule has 0 bridgehead atoms. The molecule has 2 rings (SSSR count). The average molecular weight is 312 g/mol. The maximum Gasteiger partial charge on any atom is 0.253 e. The Labute approximate surface area is 125 Å². The van der Waals surface area contributed by atoms with Crippen LogP contribution in [0.4, 0.5) is 0 Å². The molecule has 116 valence electrons. The van der Waals surface area contributed by atoms with E-state index in [1.807, 2.05) is 6.92 Å². The highest BCUT2D eigenvalue weighted by Gasteiger charge is 2.30. The van der Waals surface area contributed by atoms with E-state index < -0.39 is 10.0 Å². The monoisotopic (exact) mass is 312 g/mol. The van der Waals surface area contributed by atoms with Crippen LogP contribution in [0, 0.1) is 0 Å². The lowest BCUT2D eigenvalue weighted by Crippen LogP contribution is -2.28. The van der Waals surface area contributed by atoms with Crippen LogP contribution < -0.4 is 9.46 Å². The van der Waals surface area contributed by atoms with Gasteiger partial charge in [-0.05, 0) is 38.0 Å². The van der Waals surface area contributed by atoms with Crippen molar-refractivity contribution >= 4 is 15.9 Å². The van der Waals surface area contributed by atoms with Gasteiger partial charge in [0.25, 0.3) is 5.91 Å². The molecule has 0 aliphatic heterocycles. The van der Waals surface area contributed by atoms with Crippen LogP contribution in [0.3, 0.4) is 0 Å². The highest BCUT2D eigenvalue weighted by molar-refractivity contribution is 7.89. The maximum absolute atomic E-state index is 12.4. The molecule has 0 saturated heterocycles. The first-order valence-electron chi connectivity index (χ1n) is 6.85. The van der Waals surface area contributed by atoms with Crippen molar-refractivity contribution in [3.05, 3.63) is 23.8 Å². The fourth-order valence-corrected chi connectivity index (χ4v) is 3.37. The van der Waals surface area contributed by atoms with Crippen molar-refractivity contribution in [1.82, 2.24) is 9.62 Å². The molecule has 0 atom stereocenters. The maximum atomic E-state index is 12.4. The largest absolute Gasteiger partial charge is 0.495 e. The van der Waals surface area contributed by atoms with E-state index in [0.29, 0.717) is 12.1 Å². The van der Waals surface area contributed by atoms with Crippen molar-refractivity contribution in [2.75, 3.05) is 20.7 Å². The Morgan fingerprint density at radius 1 is 1.43 bits per heavy atom. The number of hydrogen-bond donors (Lipinski definition) is 1. The first kappa shape index (κ1) is 15.8. The second kappa shape index (κ2) is 6.03. The molecule has 0 spiro atoms. The van der Waals surface area contributed by atoms with Gasteiger partial charge in [0.2, 0.25) is 10.0 Å². The number of methoxy groups -OCH3 is 1. The Kier molecular flexibility index (Phi) is 4.53. The lowest BCUT2D eigenvalue weighted by Gasteiger charge is -2.16. The Morgan fingerprint density at radius 3 is 2.62 bits per heavy atom. The summed E-state index contributed by atoms with van der Waals surface area (Å²) in [5.41, 5.74) is 0.330. The Balaban J connectivity index is 2.40. The number of hydrogen-bond acceptors (Lipinski definition) is 4. The van der Waals surface area contributed by atoms with E-state index in [9.17, 15) is 13.2 Å². The molecular weight excluding hydrogens is 292 g/mol. The van der Waals surface area contributed by atoms with Gasteiger partial charge in [0.05, 0.1) is 7.11 Å². The Bertz CT molecular complexity index is 638. The molecule has 0 aromatic heterocycles. The molecule has 0 heterocycles. The second-order valence-electron chi connectivity index (χ2n) is 5.08. The van der Waals surface area contributed by atoms with Gasteiger partial charge in [0.1, 0.15) is 10.6 Å². The summed E-state index contributed by atoms with van der Waals surface area (Å²) in [6.45, 7) is 2.40. The van der Waals surface area contributed by atoms with Crippen LogP contribution in [0.1, 0.15) is 30.1 Å². The summed E-state index contributed by atoms with van der Waals surface area (Å²) in [6.07, 6.45) is 1.69. The van der Waals surface area contributed by atoms with Crippen molar-refractivity contribution in [2.24, 2.45) is 0 Å². The van der Waals surface area contributed by atoms with E-state index in [4.69, 9.17) is 4.74 Å². The fourth-order valence-electron chi connectivity index (χ4n) is 1.87. The molecule has 1 saturated carbocycles. The third kappa shape index (κ3) is 3.54. The van der Waals surface area contributed by atoms with Crippen molar-refractivity contribution < 1.29 is 17.9 Å². The summed E-state index contributed by atoms with van der Waals surface area (Å²) in [7, 11) is -0.596. The van der Waals surface area contributed by atoms with Crippen LogP contribution in [0.25, 0.3) is 0 Å². The molecule has 0 unspecified atom stereocenters. The van der Waals surface area contributed by atoms with Crippen molar-refractivity contribution in [1.29, 1.82) is 0 Å². The number of amides is 1. The first-order valence-corrected chi connectivity index (χ1v) is 8.33. The van der Waals surface area contributed by atoms with E-state index in [1.54, 1.807) is 13.1 Å². The van der Waals surface area contributed by atoms with Crippen LogP contribution in [-0.2, 0) is 10.0 Å². The summed E-state index contributed by atoms with van der Waals surface area (Å²) in [5, 5.41) is 0. The zero-order valence-electron chi connectivity index (χ0n) is 12.4. The lowest BCUT2D eigenvalue weighted by molar-refractivity contribution is 0.0802. The van der Waals surface area contributed by atoms with Gasteiger partial charge in [-0.15, -0.1) is 0 Å². The van der Waals surface area contributed by atoms with E-state index in [1.165, 1.54) is 24.1 Å². The number of rotatable bonds is 6. The summed E-state index contributed by atoms with van der Waals surface area (Å²) in [5.74, 6) is 0.0156. The topological polar surface area (TPSA) is 75.7 Å². The van der Waals surface area contributed by atoms with Gasteiger partial charge in [-0.25, -0.2) is 13.1 Å². The number of ether oxygens (including phenoxy) is 1. The summed E-state index contributed by atoms with van der Waals surface area (Å²) >= 11 is 0. The molecule has 1 aliphatic carbocycles. The smallest absolute Gasteiger partial charge is 0.253 e. The third-order valence-corrected chi connectivity index (χ3v) is 4.96. The van der Waals surface area contributed by atoms with Crippen LogP contribution in [0.15, 0.2) is 23.1 Å². The zero-order valence-corrected chi connectivity index (χ0v) is 13.2. The van der Waals surface area contributed by atoms with Crippen LogP contribution >= 0.6 is 0 Å². The number of carbonyl (C=O) groups is 1. The molecule has 7 heteroatoms. The number of sulfonamides is 1. The minimum atomic E-state index is -3.67. The predicted octanol–water partition coefficient (Wildman–Crippen LogP) is 1.23. The molecule has 0 radical (unpaired) electrons. The third-order valence-electron chi connectivity index (χ3n) is 3.42. The van der Waals surface area contributed by atoms with Gasteiger partial charge in [-0.2, -0.15) is 0 Å². The van der Waals surface area contributed by atoms with Crippen LogP contribution in [-0.4, -0.2) is 46.0 Å². The fraction of sp³-hybridized carbons (Fsp3) is 0.500. The SMILES string of the molecule is CCN(C)C(=O)c1ccc(OC)c(S(=O)(=O)NC2CC2)c1. The average Bonchev–Trinajstić information content (AvgIpc) is 3.28. The molecule has 1 aromatic carbocycles. The number of carbonyl (C=O) groups excluding carboxylic acids is 1. The summed E-state index contributed by atoms with van der Waals surface area (Å²) < 4.78 is 32.4. The molecule has 1 N–H and O–H groups in total. The summed E-state index contributed by atoms with van der Waals surface area (Å²) in [4.78, 5) is 13.7. The highest BCUT2D eigenvalue weighted by Crippen LogP contribution is 2.28.